The van der Waals surface area contributed by atoms with Crippen molar-refractivity contribution >= 4 is 5.97 Å². The minimum Gasteiger partial charge on any atom is -0.491 e. The standard InChI is InChI=1S/C17H24O4/c1-5-11-17(16(18)19-6-2)15(21-17)13-7-9-14(10-8-13)20-12(3)4/h7-10,12,15H,5-6,11H2,1-4H3. The highest BCUT2D eigenvalue weighted by molar-refractivity contribution is 5.83. The van der Waals surface area contributed by atoms with E-state index in [0.717, 1.165) is 17.7 Å². The van der Waals surface area contributed by atoms with Crippen LogP contribution in [0.3, 0.4) is 0 Å². The van der Waals surface area contributed by atoms with Crippen LogP contribution in [0.2, 0.25) is 0 Å². The Bertz CT molecular complexity index is 480. The molecule has 0 amide bonds. The van der Waals surface area contributed by atoms with Crippen LogP contribution in [0.1, 0.15) is 52.2 Å². The molecule has 1 aliphatic rings. The van der Waals surface area contributed by atoms with Gasteiger partial charge in [-0.05, 0) is 44.9 Å². The molecule has 1 aliphatic heterocycles. The first-order chi connectivity index (χ1) is 10.0. The lowest BCUT2D eigenvalue weighted by Gasteiger charge is -2.12. The van der Waals surface area contributed by atoms with Gasteiger partial charge < -0.3 is 14.2 Å². The number of hydrogen-bond acceptors (Lipinski definition) is 4. The summed E-state index contributed by atoms with van der Waals surface area (Å²) < 4.78 is 16.5. The van der Waals surface area contributed by atoms with E-state index in [-0.39, 0.29) is 18.2 Å². The van der Waals surface area contributed by atoms with Crippen molar-refractivity contribution in [1.82, 2.24) is 0 Å². The summed E-state index contributed by atoms with van der Waals surface area (Å²) in [5.74, 6) is 0.575. The summed E-state index contributed by atoms with van der Waals surface area (Å²) in [6.07, 6.45) is 1.50. The topological polar surface area (TPSA) is 48.1 Å². The molecule has 0 aliphatic carbocycles. The molecule has 4 heteroatoms. The third kappa shape index (κ3) is 3.38. The number of ether oxygens (including phenoxy) is 3. The molecule has 0 bridgehead atoms. The molecule has 0 radical (unpaired) electrons. The van der Waals surface area contributed by atoms with E-state index in [2.05, 4.69) is 0 Å². The van der Waals surface area contributed by atoms with Crippen LogP contribution < -0.4 is 4.74 Å². The van der Waals surface area contributed by atoms with E-state index in [4.69, 9.17) is 14.2 Å². The van der Waals surface area contributed by atoms with Gasteiger partial charge in [-0.3, -0.25) is 0 Å². The minimum atomic E-state index is -0.787. The zero-order valence-corrected chi connectivity index (χ0v) is 13.2. The van der Waals surface area contributed by atoms with Crippen LogP contribution in [0, 0.1) is 0 Å². The van der Waals surface area contributed by atoms with Crippen molar-refractivity contribution < 1.29 is 19.0 Å². The van der Waals surface area contributed by atoms with Gasteiger partial charge in [0.2, 0.25) is 0 Å². The van der Waals surface area contributed by atoms with Gasteiger partial charge in [-0.25, -0.2) is 4.79 Å². The number of esters is 1. The van der Waals surface area contributed by atoms with Crippen LogP contribution >= 0.6 is 0 Å². The van der Waals surface area contributed by atoms with Gasteiger partial charge >= 0.3 is 5.97 Å². The molecule has 0 aromatic heterocycles. The largest absolute Gasteiger partial charge is 0.491 e. The van der Waals surface area contributed by atoms with E-state index in [1.54, 1.807) is 0 Å². The lowest BCUT2D eigenvalue weighted by molar-refractivity contribution is -0.149. The Morgan fingerprint density at radius 2 is 1.95 bits per heavy atom. The van der Waals surface area contributed by atoms with Crippen LogP contribution in [0.25, 0.3) is 0 Å². The van der Waals surface area contributed by atoms with E-state index >= 15 is 0 Å². The summed E-state index contributed by atoms with van der Waals surface area (Å²) in [4.78, 5) is 12.1. The highest BCUT2D eigenvalue weighted by Gasteiger charge is 2.63. The Morgan fingerprint density at radius 1 is 1.29 bits per heavy atom. The van der Waals surface area contributed by atoms with Gasteiger partial charge in [-0.2, -0.15) is 0 Å². The zero-order chi connectivity index (χ0) is 15.5. The molecule has 2 atom stereocenters. The minimum absolute atomic E-state index is 0.145. The highest BCUT2D eigenvalue weighted by Crippen LogP contribution is 2.53. The fraction of sp³-hybridized carbons (Fsp3) is 0.588. The Morgan fingerprint density at radius 3 is 2.48 bits per heavy atom. The zero-order valence-electron chi connectivity index (χ0n) is 13.2. The Kier molecular flexibility index (Phi) is 4.88. The summed E-state index contributed by atoms with van der Waals surface area (Å²) in [6, 6.07) is 7.75. The molecule has 1 aromatic rings. The van der Waals surface area contributed by atoms with E-state index in [9.17, 15) is 4.79 Å². The van der Waals surface area contributed by atoms with Crippen LogP contribution in [0.15, 0.2) is 24.3 Å². The third-order valence-corrected chi connectivity index (χ3v) is 3.49. The monoisotopic (exact) mass is 292 g/mol. The van der Waals surface area contributed by atoms with Gasteiger partial charge in [0.1, 0.15) is 11.9 Å². The van der Waals surface area contributed by atoms with Gasteiger partial charge in [-0.1, -0.05) is 25.5 Å². The maximum atomic E-state index is 12.1. The summed E-state index contributed by atoms with van der Waals surface area (Å²) >= 11 is 0. The second kappa shape index (κ2) is 6.48. The normalized spacial score (nSPS) is 24.0. The fourth-order valence-corrected chi connectivity index (χ4v) is 2.58. The number of carbonyl (C=O) groups excluding carboxylic acids is 1. The van der Waals surface area contributed by atoms with E-state index < -0.39 is 5.60 Å². The summed E-state index contributed by atoms with van der Waals surface area (Å²) in [6.45, 7) is 8.21. The molecule has 0 N–H and O–H groups in total. The molecule has 1 saturated heterocycles. The first kappa shape index (κ1) is 15.8. The highest BCUT2D eigenvalue weighted by atomic mass is 16.7. The molecule has 0 saturated carbocycles. The van der Waals surface area contributed by atoms with Crippen LogP contribution in [0.4, 0.5) is 0 Å². The SMILES string of the molecule is CCCC1(C(=O)OCC)OC1c1ccc(OC(C)C)cc1. The van der Waals surface area contributed by atoms with Gasteiger partial charge in [0.15, 0.2) is 5.60 Å². The van der Waals surface area contributed by atoms with Crippen molar-refractivity contribution in [3.05, 3.63) is 29.8 Å². The predicted octanol–water partition coefficient (Wildman–Crippen LogP) is 3.65. The van der Waals surface area contributed by atoms with Gasteiger partial charge in [0.05, 0.1) is 12.7 Å². The Hall–Kier alpha value is -1.55. The van der Waals surface area contributed by atoms with Crippen molar-refractivity contribution in [2.75, 3.05) is 6.61 Å². The molecule has 2 unspecified atom stereocenters. The third-order valence-electron chi connectivity index (χ3n) is 3.49. The molecular formula is C17H24O4. The van der Waals surface area contributed by atoms with Crippen molar-refractivity contribution in [1.29, 1.82) is 0 Å². The quantitative estimate of drug-likeness (QED) is 0.568. The smallest absolute Gasteiger partial charge is 0.341 e. The Balaban J connectivity index is 2.10. The number of rotatable bonds is 7. The summed E-state index contributed by atoms with van der Waals surface area (Å²) in [5, 5.41) is 0. The van der Waals surface area contributed by atoms with Gasteiger partial charge in [0.25, 0.3) is 0 Å². The van der Waals surface area contributed by atoms with Crippen LogP contribution in [0.5, 0.6) is 5.75 Å². The predicted molar refractivity (Wildman–Crippen MR) is 80.3 cm³/mol. The number of hydrogen-bond donors (Lipinski definition) is 0. The molecular weight excluding hydrogens is 268 g/mol. The maximum Gasteiger partial charge on any atom is 0.341 e. The average molecular weight is 292 g/mol. The van der Waals surface area contributed by atoms with Crippen molar-refractivity contribution in [3.8, 4) is 5.75 Å². The maximum absolute atomic E-state index is 12.1. The lowest BCUT2D eigenvalue weighted by atomic mass is 9.95. The lowest BCUT2D eigenvalue weighted by Crippen LogP contribution is -2.27. The second-order valence-electron chi connectivity index (χ2n) is 5.59. The Labute approximate surface area is 126 Å². The van der Waals surface area contributed by atoms with E-state index in [1.165, 1.54) is 0 Å². The summed E-state index contributed by atoms with van der Waals surface area (Å²) in [7, 11) is 0. The van der Waals surface area contributed by atoms with Crippen molar-refractivity contribution in [3.63, 3.8) is 0 Å². The van der Waals surface area contributed by atoms with Gasteiger partial charge in [-0.15, -0.1) is 0 Å². The molecule has 21 heavy (non-hydrogen) atoms. The molecule has 0 spiro atoms. The van der Waals surface area contributed by atoms with E-state index in [0.29, 0.717) is 13.0 Å². The first-order valence-electron chi connectivity index (χ1n) is 7.65. The molecule has 2 rings (SSSR count). The average Bonchev–Trinajstić information content (AvgIpc) is 3.15. The molecule has 4 nitrogen and oxygen atoms in total. The summed E-state index contributed by atoms with van der Waals surface area (Å²) in [5.41, 5.74) is 0.207. The second-order valence-corrected chi connectivity index (χ2v) is 5.59. The van der Waals surface area contributed by atoms with Crippen LogP contribution in [-0.4, -0.2) is 24.3 Å². The fourth-order valence-electron chi connectivity index (χ4n) is 2.58. The number of epoxide rings is 1. The molecule has 1 fully saturated rings. The molecule has 1 aromatic carbocycles. The van der Waals surface area contributed by atoms with Crippen molar-refractivity contribution in [2.45, 2.75) is 58.3 Å². The van der Waals surface area contributed by atoms with Crippen molar-refractivity contribution in [2.24, 2.45) is 0 Å². The number of carbonyl (C=O) groups is 1. The first-order valence-corrected chi connectivity index (χ1v) is 7.65. The molecule has 1 heterocycles. The molecule has 116 valence electrons. The number of benzene rings is 1. The van der Waals surface area contributed by atoms with Gasteiger partial charge in [0, 0.05) is 0 Å². The van der Waals surface area contributed by atoms with E-state index in [1.807, 2.05) is 52.0 Å². The van der Waals surface area contributed by atoms with Crippen LogP contribution in [-0.2, 0) is 14.3 Å².